The van der Waals surface area contributed by atoms with Gasteiger partial charge in [0.15, 0.2) is 0 Å². The monoisotopic (exact) mass is 243 g/mol. The van der Waals surface area contributed by atoms with E-state index in [0.717, 1.165) is 17.7 Å². The van der Waals surface area contributed by atoms with Crippen molar-refractivity contribution in [3.05, 3.63) is 21.9 Å². The van der Waals surface area contributed by atoms with Crippen LogP contribution in [0.1, 0.15) is 35.0 Å². The van der Waals surface area contributed by atoms with Crippen molar-refractivity contribution in [2.75, 3.05) is 6.54 Å². The van der Waals surface area contributed by atoms with Crippen LogP contribution < -0.4 is 5.32 Å². The Labute approximate surface area is 98.9 Å². The molecule has 1 unspecified atom stereocenters. The Kier molecular flexibility index (Phi) is 5.45. The largest absolute Gasteiger partial charge is 0.478 e. The van der Waals surface area contributed by atoms with E-state index in [-0.39, 0.29) is 6.10 Å². The first-order valence-corrected chi connectivity index (χ1v) is 6.21. The molecule has 0 aliphatic rings. The Hall–Kier alpha value is -0.910. The highest BCUT2D eigenvalue weighted by Gasteiger charge is 2.07. The van der Waals surface area contributed by atoms with Gasteiger partial charge in [0, 0.05) is 23.3 Å². The number of thiophene rings is 1. The highest BCUT2D eigenvalue weighted by molar-refractivity contribution is 7.10. The molecule has 0 bridgehead atoms. The van der Waals surface area contributed by atoms with Gasteiger partial charge in [0.05, 0.1) is 11.7 Å². The number of hydrogen-bond donors (Lipinski definition) is 3. The second-order valence-electron chi connectivity index (χ2n) is 3.68. The number of aliphatic hydroxyl groups excluding tert-OH is 1. The van der Waals surface area contributed by atoms with Crippen LogP contribution in [0, 0.1) is 0 Å². The quantitative estimate of drug-likeness (QED) is 0.681. The maximum absolute atomic E-state index is 10.6. The molecular weight excluding hydrogens is 226 g/mol. The number of aliphatic hydroxyl groups is 1. The van der Waals surface area contributed by atoms with E-state index in [1.165, 1.54) is 11.3 Å². The highest BCUT2D eigenvalue weighted by Crippen LogP contribution is 2.14. The molecule has 0 saturated heterocycles. The number of aromatic carboxylic acids is 1. The fraction of sp³-hybridized carbons (Fsp3) is 0.545. The molecule has 0 amide bonds. The fourth-order valence-corrected chi connectivity index (χ4v) is 2.21. The molecule has 16 heavy (non-hydrogen) atoms. The molecule has 4 nitrogen and oxygen atoms in total. The average molecular weight is 243 g/mol. The maximum Gasteiger partial charge on any atom is 0.336 e. The van der Waals surface area contributed by atoms with Gasteiger partial charge in [0.1, 0.15) is 0 Å². The molecule has 0 fully saturated rings. The number of hydrogen-bond acceptors (Lipinski definition) is 4. The van der Waals surface area contributed by atoms with E-state index in [2.05, 4.69) is 5.32 Å². The van der Waals surface area contributed by atoms with E-state index in [1.807, 2.05) is 6.92 Å². The number of carboxylic acids is 1. The van der Waals surface area contributed by atoms with E-state index in [4.69, 9.17) is 5.11 Å². The van der Waals surface area contributed by atoms with Crippen LogP contribution in [0.5, 0.6) is 0 Å². The van der Waals surface area contributed by atoms with Crippen molar-refractivity contribution in [1.82, 2.24) is 5.32 Å². The summed E-state index contributed by atoms with van der Waals surface area (Å²) in [7, 11) is 0. The summed E-state index contributed by atoms with van der Waals surface area (Å²) in [6, 6.07) is 1.66. The second kappa shape index (κ2) is 6.62. The maximum atomic E-state index is 10.6. The molecule has 1 aromatic heterocycles. The molecule has 0 aliphatic carbocycles. The first-order chi connectivity index (χ1) is 7.63. The van der Waals surface area contributed by atoms with Crippen LogP contribution in [0.3, 0.4) is 0 Å². The minimum absolute atomic E-state index is 0.316. The molecule has 0 aliphatic heterocycles. The summed E-state index contributed by atoms with van der Waals surface area (Å²) >= 11 is 1.42. The van der Waals surface area contributed by atoms with Gasteiger partial charge < -0.3 is 15.5 Å². The summed E-state index contributed by atoms with van der Waals surface area (Å²) < 4.78 is 0. The van der Waals surface area contributed by atoms with Crippen LogP contribution in [0.4, 0.5) is 0 Å². The summed E-state index contributed by atoms with van der Waals surface area (Å²) in [4.78, 5) is 11.6. The normalized spacial score (nSPS) is 12.6. The first kappa shape index (κ1) is 13.2. The zero-order valence-electron chi connectivity index (χ0n) is 9.27. The Balaban J connectivity index is 2.29. The van der Waals surface area contributed by atoms with Crippen molar-refractivity contribution < 1.29 is 15.0 Å². The SMILES string of the molecule is CCCC(O)CNCc1cc(C(=O)O)cs1. The molecule has 90 valence electrons. The third-order valence-electron chi connectivity index (χ3n) is 2.20. The van der Waals surface area contributed by atoms with Crippen molar-refractivity contribution in [2.24, 2.45) is 0 Å². The lowest BCUT2D eigenvalue weighted by Crippen LogP contribution is -2.25. The van der Waals surface area contributed by atoms with Gasteiger partial charge in [0.2, 0.25) is 0 Å². The summed E-state index contributed by atoms with van der Waals surface area (Å²) in [6.45, 7) is 3.19. The van der Waals surface area contributed by atoms with Gasteiger partial charge in [-0.15, -0.1) is 11.3 Å². The van der Waals surface area contributed by atoms with Gasteiger partial charge in [-0.3, -0.25) is 0 Å². The minimum Gasteiger partial charge on any atom is -0.478 e. The van der Waals surface area contributed by atoms with Crippen LogP contribution in [-0.2, 0) is 6.54 Å². The lowest BCUT2D eigenvalue weighted by Gasteiger charge is -2.09. The topological polar surface area (TPSA) is 69.6 Å². The third-order valence-corrected chi connectivity index (χ3v) is 3.14. The van der Waals surface area contributed by atoms with Crippen molar-refractivity contribution in [3.8, 4) is 0 Å². The Morgan fingerprint density at radius 2 is 2.38 bits per heavy atom. The minimum atomic E-state index is -0.895. The van der Waals surface area contributed by atoms with Gasteiger partial charge >= 0.3 is 5.97 Å². The fourth-order valence-electron chi connectivity index (χ4n) is 1.38. The molecule has 5 heteroatoms. The van der Waals surface area contributed by atoms with Crippen LogP contribution in [0.15, 0.2) is 11.4 Å². The van der Waals surface area contributed by atoms with Crippen LogP contribution in [0.2, 0.25) is 0 Å². The molecule has 0 aromatic carbocycles. The standard InChI is InChI=1S/C11H17NO3S/c1-2-3-9(13)5-12-6-10-4-8(7-16-10)11(14)15/h4,7,9,12-13H,2-3,5-6H2,1H3,(H,14,15). The lowest BCUT2D eigenvalue weighted by atomic mass is 10.2. The summed E-state index contributed by atoms with van der Waals surface area (Å²) in [6.07, 6.45) is 1.44. The van der Waals surface area contributed by atoms with Crippen LogP contribution in [0.25, 0.3) is 0 Å². The summed E-state index contributed by atoms with van der Waals surface area (Å²) in [5, 5.41) is 22.9. The number of carboxylic acid groups (broad SMARTS) is 1. The smallest absolute Gasteiger partial charge is 0.336 e. The van der Waals surface area contributed by atoms with Crippen LogP contribution >= 0.6 is 11.3 Å². The Morgan fingerprint density at radius 1 is 1.62 bits per heavy atom. The lowest BCUT2D eigenvalue weighted by molar-refractivity contribution is 0.0697. The number of nitrogens with one attached hydrogen (secondary N) is 1. The van der Waals surface area contributed by atoms with Gasteiger partial charge in [-0.05, 0) is 12.5 Å². The van der Waals surface area contributed by atoms with Gasteiger partial charge in [0.25, 0.3) is 0 Å². The zero-order chi connectivity index (χ0) is 12.0. The second-order valence-corrected chi connectivity index (χ2v) is 4.68. The average Bonchev–Trinajstić information content (AvgIpc) is 2.67. The third kappa shape index (κ3) is 4.30. The van der Waals surface area contributed by atoms with Gasteiger partial charge in [-0.2, -0.15) is 0 Å². The molecule has 0 saturated carbocycles. The van der Waals surface area contributed by atoms with Gasteiger partial charge in [-0.1, -0.05) is 13.3 Å². The summed E-state index contributed by atoms with van der Waals surface area (Å²) in [5.74, 6) is -0.895. The van der Waals surface area contributed by atoms with Gasteiger partial charge in [-0.25, -0.2) is 4.79 Å². The number of rotatable bonds is 7. The van der Waals surface area contributed by atoms with Crippen molar-refractivity contribution >= 4 is 17.3 Å². The predicted octanol–water partition coefficient (Wildman–Crippen LogP) is 1.70. The van der Waals surface area contributed by atoms with Crippen molar-refractivity contribution in [1.29, 1.82) is 0 Å². The van der Waals surface area contributed by atoms with Crippen LogP contribution in [-0.4, -0.2) is 28.8 Å². The number of carbonyl (C=O) groups is 1. The molecule has 3 N–H and O–H groups in total. The molecule has 1 atom stereocenters. The van der Waals surface area contributed by atoms with Crippen molar-refractivity contribution in [2.45, 2.75) is 32.4 Å². The van der Waals surface area contributed by atoms with E-state index in [9.17, 15) is 9.90 Å². The predicted molar refractivity (Wildman–Crippen MR) is 63.9 cm³/mol. The molecule has 1 heterocycles. The molecule has 0 radical (unpaired) electrons. The highest BCUT2D eigenvalue weighted by atomic mass is 32.1. The Bertz CT molecular complexity index is 338. The molecule has 0 spiro atoms. The summed E-state index contributed by atoms with van der Waals surface area (Å²) in [5.41, 5.74) is 0.330. The molecular formula is C11H17NO3S. The first-order valence-electron chi connectivity index (χ1n) is 5.33. The molecule has 1 rings (SSSR count). The molecule has 1 aromatic rings. The van der Waals surface area contributed by atoms with E-state index >= 15 is 0 Å². The Morgan fingerprint density at radius 3 is 2.94 bits per heavy atom. The van der Waals surface area contributed by atoms with E-state index < -0.39 is 5.97 Å². The van der Waals surface area contributed by atoms with E-state index in [1.54, 1.807) is 11.4 Å². The van der Waals surface area contributed by atoms with Crippen molar-refractivity contribution in [3.63, 3.8) is 0 Å². The van der Waals surface area contributed by atoms with E-state index in [0.29, 0.717) is 18.7 Å². The zero-order valence-corrected chi connectivity index (χ0v) is 10.1.